The highest BCUT2D eigenvalue weighted by atomic mass is 16.5. The van der Waals surface area contributed by atoms with E-state index in [0.717, 1.165) is 12.8 Å². The highest BCUT2D eigenvalue weighted by molar-refractivity contribution is 5.89. The minimum Gasteiger partial charge on any atom is -0.501 e. The number of carbonyl (C=O) groups is 1. The van der Waals surface area contributed by atoms with Gasteiger partial charge in [-0.25, -0.2) is 9.78 Å². The molecular weight excluding hydrogens is 264 g/mol. The molecule has 1 N–H and O–H groups in total. The van der Waals surface area contributed by atoms with Gasteiger partial charge in [0.2, 0.25) is 5.75 Å². The minimum absolute atomic E-state index is 0.0372. The van der Waals surface area contributed by atoms with Crippen LogP contribution in [0.4, 0.5) is 0 Å². The molecule has 1 aliphatic rings. The molecule has 0 bridgehead atoms. The van der Waals surface area contributed by atoms with Gasteiger partial charge >= 0.3 is 5.97 Å². The molecule has 2 heterocycles. The van der Waals surface area contributed by atoms with Crippen LogP contribution in [0.15, 0.2) is 4.79 Å². The fourth-order valence-corrected chi connectivity index (χ4v) is 2.27. The zero-order valence-corrected chi connectivity index (χ0v) is 11.6. The van der Waals surface area contributed by atoms with Gasteiger partial charge in [0.1, 0.15) is 5.82 Å². The second-order valence-electron chi connectivity index (χ2n) is 4.64. The molecule has 7 heteroatoms. The van der Waals surface area contributed by atoms with Crippen molar-refractivity contribution in [3.63, 3.8) is 0 Å². The number of esters is 1. The summed E-state index contributed by atoms with van der Waals surface area (Å²) in [7, 11) is 1.54. The molecule has 0 aromatic carbocycles. The minimum atomic E-state index is -0.781. The van der Waals surface area contributed by atoms with E-state index >= 15 is 0 Å². The van der Waals surface area contributed by atoms with Crippen molar-refractivity contribution in [1.82, 2.24) is 9.55 Å². The second kappa shape index (κ2) is 6.04. The first-order chi connectivity index (χ1) is 9.56. The summed E-state index contributed by atoms with van der Waals surface area (Å²) < 4.78 is 11.4. The number of rotatable bonds is 3. The maximum atomic E-state index is 12.0. The summed E-state index contributed by atoms with van der Waals surface area (Å²) in [6.07, 6.45) is 1.46. The zero-order valence-electron chi connectivity index (χ0n) is 11.6. The maximum Gasteiger partial charge on any atom is 0.361 e. The Bertz CT molecular complexity index is 561. The molecule has 20 heavy (non-hydrogen) atoms. The number of ether oxygens (including phenoxy) is 2. The van der Waals surface area contributed by atoms with Crippen molar-refractivity contribution in [3.05, 3.63) is 21.9 Å². The van der Waals surface area contributed by atoms with Crippen LogP contribution in [0.2, 0.25) is 0 Å². The molecule has 0 amide bonds. The monoisotopic (exact) mass is 282 g/mol. The summed E-state index contributed by atoms with van der Waals surface area (Å²) >= 11 is 0. The van der Waals surface area contributed by atoms with Crippen molar-refractivity contribution in [2.45, 2.75) is 25.7 Å². The normalized spacial score (nSPS) is 16.1. The molecule has 7 nitrogen and oxygen atoms in total. The average molecular weight is 282 g/mol. The van der Waals surface area contributed by atoms with Crippen LogP contribution in [0, 0.1) is 0 Å². The van der Waals surface area contributed by atoms with E-state index < -0.39 is 17.3 Å². The Morgan fingerprint density at radius 1 is 1.50 bits per heavy atom. The van der Waals surface area contributed by atoms with Gasteiger partial charge in [-0.05, 0) is 19.8 Å². The molecule has 0 unspecified atom stereocenters. The molecule has 1 fully saturated rings. The third-order valence-corrected chi connectivity index (χ3v) is 3.36. The van der Waals surface area contributed by atoms with E-state index in [1.54, 1.807) is 6.92 Å². The Balaban J connectivity index is 2.46. The Labute approximate surface area is 116 Å². The highest BCUT2D eigenvalue weighted by Gasteiger charge is 2.26. The van der Waals surface area contributed by atoms with Crippen LogP contribution in [0.25, 0.3) is 0 Å². The average Bonchev–Trinajstić information content (AvgIpc) is 2.46. The number of hydrogen-bond donors (Lipinski definition) is 1. The Morgan fingerprint density at radius 2 is 2.15 bits per heavy atom. The SMILES string of the molecule is CCOC(=O)c1nc(C2CCOCC2)n(C)c(=O)c1O. The fourth-order valence-electron chi connectivity index (χ4n) is 2.27. The first-order valence-corrected chi connectivity index (χ1v) is 6.61. The van der Waals surface area contributed by atoms with E-state index in [1.165, 1.54) is 11.6 Å². The number of carbonyl (C=O) groups excluding carboxylic acids is 1. The first-order valence-electron chi connectivity index (χ1n) is 6.61. The van der Waals surface area contributed by atoms with Crippen molar-refractivity contribution in [2.24, 2.45) is 7.05 Å². The molecule has 0 atom stereocenters. The largest absolute Gasteiger partial charge is 0.501 e. The number of nitrogens with zero attached hydrogens (tertiary/aromatic N) is 2. The molecule has 0 aliphatic carbocycles. The topological polar surface area (TPSA) is 90.7 Å². The second-order valence-corrected chi connectivity index (χ2v) is 4.64. The van der Waals surface area contributed by atoms with Crippen LogP contribution in [-0.4, -0.2) is 40.4 Å². The van der Waals surface area contributed by atoms with Crippen molar-refractivity contribution < 1.29 is 19.4 Å². The van der Waals surface area contributed by atoms with Gasteiger partial charge in [0.05, 0.1) is 6.61 Å². The number of aromatic hydroxyl groups is 1. The summed E-state index contributed by atoms with van der Waals surface area (Å²) in [4.78, 5) is 27.9. The van der Waals surface area contributed by atoms with Gasteiger partial charge in [-0.1, -0.05) is 0 Å². The molecular formula is C13H18N2O5. The van der Waals surface area contributed by atoms with Crippen molar-refractivity contribution in [2.75, 3.05) is 19.8 Å². The van der Waals surface area contributed by atoms with Crippen LogP contribution in [0.1, 0.15) is 42.0 Å². The number of hydrogen-bond acceptors (Lipinski definition) is 6. The van der Waals surface area contributed by atoms with Crippen LogP contribution in [-0.2, 0) is 16.5 Å². The van der Waals surface area contributed by atoms with Gasteiger partial charge in [0.15, 0.2) is 5.69 Å². The molecule has 110 valence electrons. The van der Waals surface area contributed by atoms with Gasteiger partial charge in [-0.2, -0.15) is 0 Å². The van der Waals surface area contributed by atoms with Gasteiger partial charge in [-0.3, -0.25) is 9.36 Å². The third kappa shape index (κ3) is 2.67. The maximum absolute atomic E-state index is 12.0. The molecule has 0 saturated carbocycles. The molecule has 0 radical (unpaired) electrons. The lowest BCUT2D eigenvalue weighted by molar-refractivity contribution is 0.0513. The standard InChI is InChI=1S/C13H18N2O5/c1-3-20-13(18)9-10(16)12(17)15(2)11(14-9)8-4-6-19-7-5-8/h8,16H,3-7H2,1-2H3. The van der Waals surface area contributed by atoms with E-state index in [0.29, 0.717) is 19.0 Å². The Morgan fingerprint density at radius 3 is 2.75 bits per heavy atom. The van der Waals surface area contributed by atoms with Gasteiger partial charge in [-0.15, -0.1) is 0 Å². The zero-order chi connectivity index (χ0) is 14.7. The highest BCUT2D eigenvalue weighted by Crippen LogP contribution is 2.25. The van der Waals surface area contributed by atoms with Crippen LogP contribution < -0.4 is 5.56 Å². The van der Waals surface area contributed by atoms with Crippen LogP contribution in [0.3, 0.4) is 0 Å². The number of aromatic nitrogens is 2. The van der Waals surface area contributed by atoms with E-state index in [1.807, 2.05) is 0 Å². The Hall–Kier alpha value is -1.89. The van der Waals surface area contributed by atoms with Crippen molar-refractivity contribution in [1.29, 1.82) is 0 Å². The lowest BCUT2D eigenvalue weighted by Crippen LogP contribution is -2.29. The molecule has 2 rings (SSSR count). The Kier molecular flexibility index (Phi) is 4.39. The van der Waals surface area contributed by atoms with E-state index in [2.05, 4.69) is 4.98 Å². The lowest BCUT2D eigenvalue weighted by atomic mass is 9.99. The van der Waals surface area contributed by atoms with Gasteiger partial charge in [0, 0.05) is 26.2 Å². The summed E-state index contributed by atoms with van der Waals surface area (Å²) in [6, 6.07) is 0. The molecule has 1 saturated heterocycles. The third-order valence-electron chi connectivity index (χ3n) is 3.36. The summed E-state index contributed by atoms with van der Waals surface area (Å²) in [5.74, 6) is -0.924. The van der Waals surface area contributed by atoms with Crippen molar-refractivity contribution >= 4 is 5.97 Å². The lowest BCUT2D eigenvalue weighted by Gasteiger charge is -2.23. The van der Waals surface area contributed by atoms with Gasteiger partial charge < -0.3 is 14.6 Å². The predicted molar refractivity (Wildman–Crippen MR) is 69.9 cm³/mol. The predicted octanol–water partition coefficient (Wildman–Crippen LogP) is 0.557. The molecule has 0 spiro atoms. The quantitative estimate of drug-likeness (QED) is 0.814. The van der Waals surface area contributed by atoms with Crippen LogP contribution >= 0.6 is 0 Å². The van der Waals surface area contributed by atoms with E-state index in [9.17, 15) is 14.7 Å². The molecule has 1 aromatic rings. The fraction of sp³-hybridized carbons (Fsp3) is 0.615. The molecule has 1 aromatic heterocycles. The first kappa shape index (κ1) is 14.5. The van der Waals surface area contributed by atoms with Gasteiger partial charge in [0.25, 0.3) is 5.56 Å². The summed E-state index contributed by atoms with van der Waals surface area (Å²) in [5.41, 5.74) is -0.944. The smallest absolute Gasteiger partial charge is 0.361 e. The van der Waals surface area contributed by atoms with Crippen molar-refractivity contribution in [3.8, 4) is 5.75 Å². The molecule has 1 aliphatic heterocycles. The summed E-state index contributed by atoms with van der Waals surface area (Å²) in [6.45, 7) is 2.99. The van der Waals surface area contributed by atoms with E-state index in [-0.39, 0.29) is 18.2 Å². The summed E-state index contributed by atoms with van der Waals surface area (Å²) in [5, 5.41) is 9.78. The van der Waals surface area contributed by atoms with Crippen LogP contribution in [0.5, 0.6) is 5.75 Å². The van der Waals surface area contributed by atoms with E-state index in [4.69, 9.17) is 9.47 Å².